The van der Waals surface area contributed by atoms with Crippen LogP contribution in [0.4, 0.5) is 4.39 Å². The maximum Gasteiger partial charge on any atom is 0.132 e. The van der Waals surface area contributed by atoms with E-state index in [2.05, 4.69) is 6.07 Å². The highest BCUT2D eigenvalue weighted by molar-refractivity contribution is 7.13. The topological polar surface area (TPSA) is 0 Å². The van der Waals surface area contributed by atoms with Crippen LogP contribution in [0.15, 0.2) is 35.7 Å². The first-order chi connectivity index (χ1) is 5.88. The van der Waals surface area contributed by atoms with Gasteiger partial charge in [-0.2, -0.15) is 0 Å². The van der Waals surface area contributed by atoms with Crippen LogP contribution < -0.4 is 0 Å². The smallest absolute Gasteiger partial charge is 0.132 e. The fraction of sp³-hybridized carbons (Fsp3) is 0. The van der Waals surface area contributed by atoms with Gasteiger partial charge in [0.1, 0.15) is 5.82 Å². The zero-order valence-electron chi connectivity index (χ0n) is 6.25. The second kappa shape index (κ2) is 3.07. The van der Waals surface area contributed by atoms with Crippen molar-refractivity contribution in [2.24, 2.45) is 0 Å². The molecule has 0 fully saturated rings. The van der Waals surface area contributed by atoms with Crippen molar-refractivity contribution >= 4 is 11.3 Å². The van der Waals surface area contributed by atoms with E-state index in [1.807, 2.05) is 17.5 Å². The van der Waals surface area contributed by atoms with Crippen LogP contribution in [-0.2, 0) is 0 Å². The molecule has 1 heterocycles. The molecule has 1 radical (unpaired) electrons. The minimum atomic E-state index is -0.208. The third-order valence-electron chi connectivity index (χ3n) is 1.57. The summed E-state index contributed by atoms with van der Waals surface area (Å²) in [4.78, 5) is 0.924. The maximum atomic E-state index is 13.1. The van der Waals surface area contributed by atoms with Gasteiger partial charge in [-0.15, -0.1) is 11.3 Å². The molecule has 1 aromatic carbocycles. The number of benzene rings is 1. The Hall–Kier alpha value is -1.15. The van der Waals surface area contributed by atoms with Gasteiger partial charge >= 0.3 is 0 Å². The Labute approximate surface area is 74.3 Å². The van der Waals surface area contributed by atoms with Crippen LogP contribution in [0.5, 0.6) is 0 Å². The Balaban J connectivity index is 2.55. The highest BCUT2D eigenvalue weighted by Gasteiger charge is 2.03. The second-order valence-corrected chi connectivity index (χ2v) is 3.32. The summed E-state index contributed by atoms with van der Waals surface area (Å²) in [6.45, 7) is 0. The van der Waals surface area contributed by atoms with Crippen molar-refractivity contribution in [3.63, 3.8) is 0 Å². The predicted octanol–water partition coefficient (Wildman–Crippen LogP) is 3.35. The number of thiophene rings is 1. The van der Waals surface area contributed by atoms with E-state index in [0.29, 0.717) is 5.56 Å². The summed E-state index contributed by atoms with van der Waals surface area (Å²) in [7, 11) is 0. The van der Waals surface area contributed by atoms with Crippen molar-refractivity contribution < 1.29 is 4.39 Å². The number of hydrogen-bond donors (Lipinski definition) is 0. The van der Waals surface area contributed by atoms with Crippen molar-refractivity contribution in [2.75, 3.05) is 0 Å². The van der Waals surface area contributed by atoms with Crippen molar-refractivity contribution in [3.05, 3.63) is 47.6 Å². The van der Waals surface area contributed by atoms with Crippen molar-refractivity contribution in [2.45, 2.75) is 0 Å². The molecule has 1 aromatic heterocycles. The Kier molecular flexibility index (Phi) is 1.92. The van der Waals surface area contributed by atoms with E-state index < -0.39 is 0 Å². The third kappa shape index (κ3) is 1.25. The average Bonchev–Trinajstić information content (AvgIpc) is 2.57. The van der Waals surface area contributed by atoms with E-state index in [1.54, 1.807) is 12.1 Å². The first-order valence-corrected chi connectivity index (χ1v) is 4.46. The van der Waals surface area contributed by atoms with Gasteiger partial charge in [-0.1, -0.05) is 18.2 Å². The van der Waals surface area contributed by atoms with Crippen LogP contribution in [-0.4, -0.2) is 0 Å². The fourth-order valence-electron chi connectivity index (χ4n) is 1.03. The fourth-order valence-corrected chi connectivity index (χ4v) is 1.76. The molecule has 59 valence electrons. The van der Waals surface area contributed by atoms with Gasteiger partial charge in [0.05, 0.1) is 0 Å². The van der Waals surface area contributed by atoms with Crippen LogP contribution in [0.1, 0.15) is 0 Å². The molecule has 0 unspecified atom stereocenters. The average molecular weight is 177 g/mol. The molecule has 0 N–H and O–H groups in total. The summed E-state index contributed by atoms with van der Waals surface area (Å²) in [5.74, 6) is -0.208. The molecule has 0 nitrogen and oxygen atoms in total. The van der Waals surface area contributed by atoms with E-state index in [4.69, 9.17) is 0 Å². The number of hydrogen-bond acceptors (Lipinski definition) is 1. The third-order valence-corrected chi connectivity index (χ3v) is 2.46. The van der Waals surface area contributed by atoms with Crippen LogP contribution in [0, 0.1) is 11.9 Å². The summed E-state index contributed by atoms with van der Waals surface area (Å²) in [5.41, 5.74) is 0.563. The van der Waals surface area contributed by atoms with E-state index >= 15 is 0 Å². The molecule has 0 bridgehead atoms. The summed E-state index contributed by atoms with van der Waals surface area (Å²) in [6, 6.07) is 11.5. The van der Waals surface area contributed by atoms with Crippen molar-refractivity contribution in [1.82, 2.24) is 0 Å². The minimum Gasteiger partial charge on any atom is -0.206 e. The lowest BCUT2D eigenvalue weighted by Crippen LogP contribution is -1.78. The molecule has 0 saturated carbocycles. The van der Waals surface area contributed by atoms with Crippen molar-refractivity contribution in [1.29, 1.82) is 0 Å². The van der Waals surface area contributed by atoms with E-state index in [9.17, 15) is 4.39 Å². The first kappa shape index (κ1) is 7.50. The van der Waals surface area contributed by atoms with E-state index in [0.717, 1.165) is 4.88 Å². The quantitative estimate of drug-likeness (QED) is 0.626. The van der Waals surface area contributed by atoms with Crippen LogP contribution in [0.3, 0.4) is 0 Å². The molecular formula is C10H6FS. The summed E-state index contributed by atoms with van der Waals surface area (Å²) in [5, 5.41) is 1.93. The molecule has 0 aliphatic carbocycles. The Morgan fingerprint density at radius 2 is 2.17 bits per heavy atom. The van der Waals surface area contributed by atoms with Gasteiger partial charge in [0.2, 0.25) is 0 Å². The molecule has 2 aromatic rings. The van der Waals surface area contributed by atoms with E-state index in [-0.39, 0.29) is 5.82 Å². The SMILES string of the molecule is Fc1ccc[c]c1-c1cccs1. The summed E-state index contributed by atoms with van der Waals surface area (Å²) in [6.07, 6.45) is 0. The molecule has 0 amide bonds. The molecule has 0 aliphatic heterocycles. The molecule has 0 atom stereocenters. The maximum absolute atomic E-state index is 13.1. The highest BCUT2D eigenvalue weighted by atomic mass is 32.1. The van der Waals surface area contributed by atoms with Crippen molar-refractivity contribution in [3.8, 4) is 10.4 Å². The van der Waals surface area contributed by atoms with Gasteiger partial charge in [-0.3, -0.25) is 0 Å². The van der Waals surface area contributed by atoms with E-state index in [1.165, 1.54) is 17.4 Å². The van der Waals surface area contributed by atoms with Gasteiger partial charge in [0, 0.05) is 10.4 Å². The lowest BCUT2D eigenvalue weighted by atomic mass is 10.2. The molecule has 0 saturated heterocycles. The zero-order chi connectivity index (χ0) is 8.39. The first-order valence-electron chi connectivity index (χ1n) is 3.58. The lowest BCUT2D eigenvalue weighted by Gasteiger charge is -1.96. The molecule has 2 rings (SSSR count). The van der Waals surface area contributed by atoms with Gasteiger partial charge in [-0.05, 0) is 23.6 Å². The van der Waals surface area contributed by atoms with Gasteiger partial charge in [0.25, 0.3) is 0 Å². The Morgan fingerprint density at radius 3 is 2.83 bits per heavy atom. The molecule has 2 heteroatoms. The number of rotatable bonds is 1. The summed E-state index contributed by atoms with van der Waals surface area (Å²) >= 11 is 1.52. The molecular weight excluding hydrogens is 171 g/mol. The molecule has 12 heavy (non-hydrogen) atoms. The predicted molar refractivity (Wildman–Crippen MR) is 48.5 cm³/mol. The number of halogens is 1. The second-order valence-electron chi connectivity index (χ2n) is 2.37. The normalized spacial score (nSPS) is 10.1. The zero-order valence-corrected chi connectivity index (χ0v) is 7.07. The standard InChI is InChI=1S/C10H6FS/c11-9-5-2-1-4-8(9)10-6-3-7-12-10/h1-3,5-7H. The van der Waals surface area contributed by atoms with Gasteiger partial charge < -0.3 is 0 Å². The lowest BCUT2D eigenvalue weighted by molar-refractivity contribution is 0.631. The monoisotopic (exact) mass is 177 g/mol. The van der Waals surface area contributed by atoms with Gasteiger partial charge in [-0.25, -0.2) is 4.39 Å². The molecule has 0 aliphatic rings. The van der Waals surface area contributed by atoms with Crippen LogP contribution >= 0.6 is 11.3 Å². The highest BCUT2D eigenvalue weighted by Crippen LogP contribution is 2.25. The minimum absolute atomic E-state index is 0.208. The largest absolute Gasteiger partial charge is 0.206 e. The Bertz CT molecular complexity index is 365. The summed E-state index contributed by atoms with van der Waals surface area (Å²) < 4.78 is 13.1. The Morgan fingerprint density at radius 1 is 1.25 bits per heavy atom. The van der Waals surface area contributed by atoms with Gasteiger partial charge in [0.15, 0.2) is 0 Å². The molecule has 0 spiro atoms. The van der Waals surface area contributed by atoms with Crippen LogP contribution in [0.2, 0.25) is 0 Å². The van der Waals surface area contributed by atoms with Crippen LogP contribution in [0.25, 0.3) is 10.4 Å².